The number of fused-ring (bicyclic) bond motifs is 1. The van der Waals surface area contributed by atoms with Gasteiger partial charge in [-0.25, -0.2) is 0 Å². The molecule has 0 atom stereocenters. The van der Waals surface area contributed by atoms with Crippen LogP contribution in [0, 0.1) is 0 Å². The molecule has 0 amide bonds. The van der Waals surface area contributed by atoms with Crippen LogP contribution in [0.25, 0.3) is 5.57 Å². The van der Waals surface area contributed by atoms with E-state index in [1.165, 1.54) is 11.3 Å². The van der Waals surface area contributed by atoms with E-state index in [0.717, 1.165) is 24.1 Å². The minimum Gasteiger partial charge on any atom is -0.404 e. The summed E-state index contributed by atoms with van der Waals surface area (Å²) in [7, 11) is 1.76. The van der Waals surface area contributed by atoms with E-state index in [-0.39, 0.29) is 0 Å². The van der Waals surface area contributed by atoms with Crippen molar-refractivity contribution in [1.29, 1.82) is 0 Å². The lowest BCUT2D eigenvalue weighted by Gasteiger charge is -2.24. The van der Waals surface area contributed by atoms with E-state index in [9.17, 15) is 0 Å². The van der Waals surface area contributed by atoms with Crippen LogP contribution in [0.4, 0.5) is 5.69 Å². The second-order valence-corrected chi connectivity index (χ2v) is 4.89. The standard InChI is InChI=1S/C15H21N3/c1-11(2)18-7-6-13-8-12(4-5-15(13)18)14(9-16)10-17-3/h4-5,8-11H,6-7,16H2,1-3H3/b14-9+,17-10?. The first-order valence-corrected chi connectivity index (χ1v) is 6.41. The van der Waals surface area contributed by atoms with Crippen molar-refractivity contribution in [2.45, 2.75) is 26.3 Å². The summed E-state index contributed by atoms with van der Waals surface area (Å²) >= 11 is 0. The van der Waals surface area contributed by atoms with Gasteiger partial charge < -0.3 is 10.6 Å². The highest BCUT2D eigenvalue weighted by molar-refractivity contribution is 6.09. The number of aliphatic imine (C=N–C) groups is 1. The van der Waals surface area contributed by atoms with Crippen LogP contribution in [0.3, 0.4) is 0 Å². The van der Waals surface area contributed by atoms with Gasteiger partial charge in [-0.1, -0.05) is 6.07 Å². The van der Waals surface area contributed by atoms with Gasteiger partial charge in [-0.15, -0.1) is 0 Å². The number of anilines is 1. The van der Waals surface area contributed by atoms with Gasteiger partial charge in [-0.05, 0) is 43.5 Å². The maximum absolute atomic E-state index is 5.65. The van der Waals surface area contributed by atoms with E-state index in [4.69, 9.17) is 5.73 Å². The molecule has 2 N–H and O–H groups in total. The molecule has 96 valence electrons. The fraction of sp³-hybridized carbons (Fsp3) is 0.400. The predicted molar refractivity (Wildman–Crippen MR) is 79.2 cm³/mol. The number of rotatable bonds is 3. The van der Waals surface area contributed by atoms with Crippen molar-refractivity contribution in [3.05, 3.63) is 35.5 Å². The fourth-order valence-electron chi connectivity index (χ4n) is 2.50. The van der Waals surface area contributed by atoms with E-state index in [1.54, 1.807) is 19.5 Å². The first-order chi connectivity index (χ1) is 8.67. The summed E-state index contributed by atoms with van der Waals surface area (Å²) in [6.45, 7) is 5.58. The van der Waals surface area contributed by atoms with Crippen molar-refractivity contribution < 1.29 is 0 Å². The lowest BCUT2D eigenvalue weighted by Crippen LogP contribution is -2.28. The molecule has 3 nitrogen and oxygen atoms in total. The fourth-order valence-corrected chi connectivity index (χ4v) is 2.50. The van der Waals surface area contributed by atoms with Crippen molar-refractivity contribution in [3.8, 4) is 0 Å². The predicted octanol–water partition coefficient (Wildman–Crippen LogP) is 2.46. The van der Waals surface area contributed by atoms with Crippen LogP contribution < -0.4 is 10.6 Å². The third-order valence-corrected chi connectivity index (χ3v) is 3.42. The van der Waals surface area contributed by atoms with Crippen LogP contribution in [0.2, 0.25) is 0 Å². The molecule has 0 bridgehead atoms. The molecule has 0 unspecified atom stereocenters. The van der Waals surface area contributed by atoms with E-state index in [1.807, 2.05) is 0 Å². The molecule has 1 aliphatic rings. The maximum Gasteiger partial charge on any atom is 0.0402 e. The monoisotopic (exact) mass is 243 g/mol. The zero-order valence-corrected chi connectivity index (χ0v) is 11.4. The lowest BCUT2D eigenvalue weighted by molar-refractivity contribution is 0.710. The van der Waals surface area contributed by atoms with Crippen LogP contribution in [-0.2, 0) is 6.42 Å². The summed E-state index contributed by atoms with van der Waals surface area (Å²) in [5, 5.41) is 0. The molecular weight excluding hydrogens is 222 g/mol. The zero-order valence-electron chi connectivity index (χ0n) is 11.4. The Hall–Kier alpha value is -1.77. The van der Waals surface area contributed by atoms with E-state index >= 15 is 0 Å². The highest BCUT2D eigenvalue weighted by Gasteiger charge is 2.21. The van der Waals surface area contributed by atoms with Crippen LogP contribution in [0.5, 0.6) is 0 Å². The smallest absolute Gasteiger partial charge is 0.0402 e. The zero-order chi connectivity index (χ0) is 13.1. The minimum atomic E-state index is 0.554. The van der Waals surface area contributed by atoms with Gasteiger partial charge in [0.1, 0.15) is 0 Å². The summed E-state index contributed by atoms with van der Waals surface area (Å²) < 4.78 is 0. The summed E-state index contributed by atoms with van der Waals surface area (Å²) in [6, 6.07) is 7.11. The van der Waals surface area contributed by atoms with E-state index < -0.39 is 0 Å². The molecule has 18 heavy (non-hydrogen) atoms. The van der Waals surface area contributed by atoms with Gasteiger partial charge in [0.05, 0.1) is 0 Å². The molecule has 1 aromatic carbocycles. The molecule has 2 rings (SSSR count). The van der Waals surface area contributed by atoms with Gasteiger partial charge in [0.15, 0.2) is 0 Å². The van der Waals surface area contributed by atoms with E-state index in [2.05, 4.69) is 41.9 Å². The number of nitrogens with two attached hydrogens (primary N) is 1. The molecule has 1 aliphatic heterocycles. The summed E-state index contributed by atoms with van der Waals surface area (Å²) in [5.74, 6) is 0. The number of benzene rings is 1. The minimum absolute atomic E-state index is 0.554. The van der Waals surface area contributed by atoms with Crippen molar-refractivity contribution >= 4 is 17.5 Å². The molecule has 0 spiro atoms. The molecule has 1 heterocycles. The molecule has 0 fully saturated rings. The average molecular weight is 243 g/mol. The van der Waals surface area contributed by atoms with Gasteiger partial charge in [0.2, 0.25) is 0 Å². The Labute approximate surface area is 109 Å². The summed E-state index contributed by atoms with van der Waals surface area (Å²) in [4.78, 5) is 6.48. The lowest BCUT2D eigenvalue weighted by atomic mass is 10.0. The van der Waals surface area contributed by atoms with Crippen LogP contribution in [0.1, 0.15) is 25.0 Å². The molecular formula is C15H21N3. The molecule has 0 radical (unpaired) electrons. The van der Waals surface area contributed by atoms with Crippen LogP contribution in [0.15, 0.2) is 29.4 Å². The first-order valence-electron chi connectivity index (χ1n) is 6.41. The number of hydrogen-bond acceptors (Lipinski definition) is 3. The second-order valence-electron chi connectivity index (χ2n) is 4.89. The third-order valence-electron chi connectivity index (χ3n) is 3.42. The topological polar surface area (TPSA) is 41.6 Å². The summed E-state index contributed by atoms with van der Waals surface area (Å²) in [5.41, 5.74) is 10.5. The average Bonchev–Trinajstić information content (AvgIpc) is 2.78. The van der Waals surface area contributed by atoms with E-state index in [0.29, 0.717) is 6.04 Å². The maximum atomic E-state index is 5.65. The third kappa shape index (κ3) is 2.26. The Morgan fingerprint density at radius 2 is 2.22 bits per heavy atom. The molecule has 3 heteroatoms. The number of hydrogen-bond donors (Lipinski definition) is 1. The van der Waals surface area contributed by atoms with Crippen molar-refractivity contribution in [1.82, 2.24) is 0 Å². The molecule has 0 saturated carbocycles. The normalized spacial score (nSPS) is 15.8. The van der Waals surface area contributed by atoms with Crippen LogP contribution >= 0.6 is 0 Å². The van der Waals surface area contributed by atoms with Gasteiger partial charge in [-0.3, -0.25) is 4.99 Å². The Morgan fingerprint density at radius 1 is 1.44 bits per heavy atom. The highest BCUT2D eigenvalue weighted by Crippen LogP contribution is 2.31. The quantitative estimate of drug-likeness (QED) is 0.829. The number of allylic oxidation sites excluding steroid dienone is 1. The highest BCUT2D eigenvalue weighted by atomic mass is 15.2. The molecule has 1 aromatic rings. The molecule has 0 saturated heterocycles. The Kier molecular flexibility index (Phi) is 3.70. The number of nitrogens with zero attached hydrogens (tertiary/aromatic N) is 2. The molecule has 0 aliphatic carbocycles. The van der Waals surface area contributed by atoms with Crippen molar-refractivity contribution in [2.75, 3.05) is 18.5 Å². The second kappa shape index (κ2) is 5.25. The van der Waals surface area contributed by atoms with Gasteiger partial charge in [0, 0.05) is 43.3 Å². The Bertz CT molecular complexity index is 487. The van der Waals surface area contributed by atoms with Crippen molar-refractivity contribution in [3.63, 3.8) is 0 Å². The Morgan fingerprint density at radius 3 is 2.83 bits per heavy atom. The summed E-state index contributed by atoms with van der Waals surface area (Å²) in [6.07, 6.45) is 4.53. The van der Waals surface area contributed by atoms with Gasteiger partial charge in [0.25, 0.3) is 0 Å². The van der Waals surface area contributed by atoms with Gasteiger partial charge in [-0.2, -0.15) is 0 Å². The first kappa shape index (κ1) is 12.7. The van der Waals surface area contributed by atoms with Gasteiger partial charge >= 0.3 is 0 Å². The largest absolute Gasteiger partial charge is 0.404 e. The van der Waals surface area contributed by atoms with Crippen molar-refractivity contribution in [2.24, 2.45) is 10.7 Å². The SMILES string of the molecule is CN=C/C(=C\N)c1ccc2c(c1)CCN2C(C)C. The van der Waals surface area contributed by atoms with Crippen LogP contribution in [-0.4, -0.2) is 25.8 Å². The Balaban J connectivity index is 2.35. The molecule has 0 aromatic heterocycles.